The van der Waals surface area contributed by atoms with Crippen LogP contribution in [0.1, 0.15) is 6.92 Å². The van der Waals surface area contributed by atoms with E-state index >= 15 is 0 Å². The van der Waals surface area contributed by atoms with Gasteiger partial charge in [-0.2, -0.15) is 0 Å². The lowest BCUT2D eigenvalue weighted by Gasteiger charge is -1.53. The molecule has 0 aromatic carbocycles. The standard InChI is InChI=1S/C7H9/c1-3-5-7-6-4-2/h3-6H,1H2,2H3/q+1/b6-4+. The molecule has 0 atom stereocenters. The Morgan fingerprint density at radius 2 is 2.29 bits per heavy atom. The predicted octanol–water partition coefficient (Wildman–Crippen LogP) is 2.11. The van der Waals surface area contributed by atoms with Crippen molar-refractivity contribution in [2.75, 3.05) is 0 Å². The van der Waals surface area contributed by atoms with Gasteiger partial charge >= 0.3 is 0 Å². The van der Waals surface area contributed by atoms with E-state index in [2.05, 4.69) is 12.7 Å². The summed E-state index contributed by atoms with van der Waals surface area (Å²) in [6.07, 6.45) is 10.1. The summed E-state index contributed by atoms with van der Waals surface area (Å²) in [5.74, 6) is 0. The van der Waals surface area contributed by atoms with E-state index in [0.29, 0.717) is 0 Å². The lowest BCUT2D eigenvalue weighted by molar-refractivity contribution is 1.71. The first kappa shape index (κ1) is 6.13. The van der Waals surface area contributed by atoms with Crippen molar-refractivity contribution in [3.63, 3.8) is 0 Å². The van der Waals surface area contributed by atoms with Crippen molar-refractivity contribution in [2.24, 2.45) is 0 Å². The van der Waals surface area contributed by atoms with Crippen LogP contribution in [0.5, 0.6) is 0 Å². The zero-order valence-corrected chi connectivity index (χ0v) is 4.52. The van der Waals surface area contributed by atoms with Crippen molar-refractivity contribution in [3.05, 3.63) is 37.0 Å². The minimum Gasteiger partial charge on any atom is -0.0425 e. The third kappa shape index (κ3) is 5.13. The molecule has 0 nitrogen and oxygen atoms in total. The highest BCUT2D eigenvalue weighted by Gasteiger charge is 1.64. The van der Waals surface area contributed by atoms with Gasteiger partial charge < -0.3 is 0 Å². The molecular formula is C7H9+. The second-order valence-electron chi connectivity index (χ2n) is 1.07. The Bertz CT molecular complexity index is 86.2. The van der Waals surface area contributed by atoms with Gasteiger partial charge in [0.2, 0.25) is 0 Å². The lowest BCUT2D eigenvalue weighted by atomic mass is 10.4. The van der Waals surface area contributed by atoms with Crippen LogP contribution in [0.25, 0.3) is 0 Å². The molecule has 0 aromatic rings. The Labute approximate surface area is 44.9 Å². The normalized spacial score (nSPS) is 9.86. The van der Waals surface area contributed by atoms with Crippen molar-refractivity contribution in [1.82, 2.24) is 0 Å². The van der Waals surface area contributed by atoms with E-state index in [-0.39, 0.29) is 0 Å². The van der Waals surface area contributed by atoms with Crippen LogP contribution in [0.2, 0.25) is 0 Å². The molecule has 0 spiro atoms. The first-order valence-corrected chi connectivity index (χ1v) is 2.23. The molecule has 0 unspecified atom stereocenters. The van der Waals surface area contributed by atoms with Crippen LogP contribution < -0.4 is 0 Å². The average Bonchev–Trinajstić information content (AvgIpc) is 1.69. The van der Waals surface area contributed by atoms with Crippen molar-refractivity contribution >= 4 is 0 Å². The van der Waals surface area contributed by atoms with Gasteiger partial charge in [-0.25, -0.2) is 0 Å². The maximum Gasteiger partial charge on any atom is 0.101 e. The molecule has 0 saturated heterocycles. The molecule has 36 valence electrons. The van der Waals surface area contributed by atoms with Crippen LogP contribution in [0, 0.1) is 6.08 Å². The third-order valence-electron chi connectivity index (χ3n) is 0.477. The maximum atomic E-state index is 3.48. The summed E-state index contributed by atoms with van der Waals surface area (Å²) in [6.45, 7) is 5.43. The smallest absolute Gasteiger partial charge is 0.0425 e. The summed E-state index contributed by atoms with van der Waals surface area (Å²) in [5.41, 5.74) is 0. The first-order valence-electron chi connectivity index (χ1n) is 2.23. The molecule has 0 heterocycles. The highest BCUT2D eigenvalue weighted by Crippen LogP contribution is 1.72. The number of rotatable bonds is 2. The van der Waals surface area contributed by atoms with E-state index in [4.69, 9.17) is 0 Å². The van der Waals surface area contributed by atoms with Gasteiger partial charge in [0.25, 0.3) is 0 Å². The summed E-state index contributed by atoms with van der Waals surface area (Å²) >= 11 is 0. The lowest BCUT2D eigenvalue weighted by Crippen LogP contribution is -1.44. The fourth-order valence-electron chi connectivity index (χ4n) is 0.220. The minimum absolute atomic E-state index is 1.69. The molecule has 0 fully saturated rings. The summed E-state index contributed by atoms with van der Waals surface area (Å²) in [7, 11) is 0. The van der Waals surface area contributed by atoms with Crippen LogP contribution in [0.15, 0.2) is 30.9 Å². The van der Waals surface area contributed by atoms with Gasteiger partial charge in [-0.05, 0) is 13.5 Å². The van der Waals surface area contributed by atoms with Gasteiger partial charge in [-0.1, -0.05) is 0 Å². The predicted molar refractivity (Wildman–Crippen MR) is 32.8 cm³/mol. The molecule has 0 aliphatic carbocycles. The average molecular weight is 93.1 g/mol. The molecule has 0 radical (unpaired) electrons. The van der Waals surface area contributed by atoms with E-state index in [1.54, 1.807) is 12.2 Å². The fraction of sp³-hybridized carbons (Fsp3) is 0.143. The zero-order chi connectivity index (χ0) is 5.54. The summed E-state index contributed by atoms with van der Waals surface area (Å²) in [6, 6.07) is 0. The van der Waals surface area contributed by atoms with Crippen molar-refractivity contribution in [2.45, 2.75) is 6.92 Å². The minimum atomic E-state index is 1.69. The molecule has 0 aliphatic rings. The second kappa shape index (κ2) is 5.13. The van der Waals surface area contributed by atoms with E-state index in [0.717, 1.165) is 0 Å². The van der Waals surface area contributed by atoms with E-state index in [1.807, 2.05) is 19.1 Å². The number of hydrogen-bond acceptors (Lipinski definition) is 0. The molecule has 0 heteroatoms. The first-order chi connectivity index (χ1) is 3.41. The van der Waals surface area contributed by atoms with Crippen molar-refractivity contribution in [1.29, 1.82) is 0 Å². The van der Waals surface area contributed by atoms with Gasteiger partial charge in [0.15, 0.2) is 0 Å². The second-order valence-corrected chi connectivity index (χ2v) is 1.07. The monoisotopic (exact) mass is 93.1 g/mol. The SMILES string of the molecule is C=CC=[C+]/C=C/C. The Kier molecular flexibility index (Phi) is 4.49. The van der Waals surface area contributed by atoms with E-state index in [9.17, 15) is 0 Å². The summed E-state index contributed by atoms with van der Waals surface area (Å²) < 4.78 is 0. The van der Waals surface area contributed by atoms with E-state index in [1.165, 1.54) is 0 Å². The van der Waals surface area contributed by atoms with Gasteiger partial charge in [-0.3, -0.25) is 0 Å². The number of allylic oxidation sites excluding steroid dienone is 5. The maximum absolute atomic E-state index is 3.48. The van der Waals surface area contributed by atoms with Crippen LogP contribution in [0.3, 0.4) is 0 Å². The molecule has 0 amide bonds. The van der Waals surface area contributed by atoms with Crippen molar-refractivity contribution < 1.29 is 0 Å². The van der Waals surface area contributed by atoms with Gasteiger partial charge in [0.05, 0.1) is 6.08 Å². The van der Waals surface area contributed by atoms with Crippen molar-refractivity contribution in [3.8, 4) is 0 Å². The largest absolute Gasteiger partial charge is 0.101 e. The molecule has 0 rings (SSSR count). The van der Waals surface area contributed by atoms with Crippen LogP contribution in [-0.2, 0) is 0 Å². The zero-order valence-electron chi connectivity index (χ0n) is 4.52. The van der Waals surface area contributed by atoms with Gasteiger partial charge in [-0.15, -0.1) is 0 Å². The highest BCUT2D eigenvalue weighted by molar-refractivity contribution is 5.01. The topological polar surface area (TPSA) is 0 Å². The van der Waals surface area contributed by atoms with Crippen LogP contribution in [-0.4, -0.2) is 0 Å². The summed E-state index contributed by atoms with van der Waals surface area (Å²) in [4.78, 5) is 0. The fourth-order valence-corrected chi connectivity index (χ4v) is 0.220. The quantitative estimate of drug-likeness (QED) is 0.362. The molecule has 0 bridgehead atoms. The molecule has 0 N–H and O–H groups in total. The third-order valence-corrected chi connectivity index (χ3v) is 0.477. The molecule has 0 aliphatic heterocycles. The molecule has 0 saturated carbocycles. The van der Waals surface area contributed by atoms with Gasteiger partial charge in [0.1, 0.15) is 6.08 Å². The molecule has 7 heavy (non-hydrogen) atoms. The van der Waals surface area contributed by atoms with Crippen LogP contribution >= 0.6 is 0 Å². The van der Waals surface area contributed by atoms with Gasteiger partial charge in [0, 0.05) is 18.2 Å². The molecule has 0 aromatic heterocycles. The Hall–Kier alpha value is -0.870. The Morgan fingerprint density at radius 1 is 1.57 bits per heavy atom. The number of hydrogen-bond donors (Lipinski definition) is 0. The Balaban J connectivity index is 3.27. The van der Waals surface area contributed by atoms with Crippen LogP contribution in [0.4, 0.5) is 0 Å². The van der Waals surface area contributed by atoms with E-state index < -0.39 is 0 Å². The molecular weight excluding hydrogens is 84.1 g/mol. The summed E-state index contributed by atoms with van der Waals surface area (Å²) in [5, 5.41) is 0. The highest BCUT2D eigenvalue weighted by atomic mass is 13.6. The Morgan fingerprint density at radius 3 is 2.71 bits per heavy atom.